The highest BCUT2D eigenvalue weighted by atomic mass is 16.5. The maximum absolute atomic E-state index is 9.06. The lowest BCUT2D eigenvalue weighted by Gasteiger charge is -2.31. The van der Waals surface area contributed by atoms with Gasteiger partial charge in [-0.25, -0.2) is 0 Å². The summed E-state index contributed by atoms with van der Waals surface area (Å²) in [6.45, 7) is 0.321. The number of methoxy groups -OCH3 is 1. The second kappa shape index (κ2) is 5.99. The van der Waals surface area contributed by atoms with E-state index in [2.05, 4.69) is 5.32 Å². The number of rotatable bonds is 6. The van der Waals surface area contributed by atoms with E-state index in [1.807, 2.05) is 7.11 Å². The summed E-state index contributed by atoms with van der Waals surface area (Å²) in [6.07, 6.45) is 8.94. The molecule has 0 saturated heterocycles. The highest BCUT2D eigenvalue weighted by Gasteiger charge is 2.32. The van der Waals surface area contributed by atoms with Crippen LogP contribution in [0.25, 0.3) is 0 Å². The van der Waals surface area contributed by atoms with E-state index >= 15 is 0 Å². The molecule has 1 unspecified atom stereocenters. The van der Waals surface area contributed by atoms with Crippen LogP contribution in [0.1, 0.15) is 44.9 Å². The molecule has 0 bridgehead atoms. The van der Waals surface area contributed by atoms with Crippen molar-refractivity contribution in [1.82, 2.24) is 5.32 Å². The van der Waals surface area contributed by atoms with E-state index in [0.29, 0.717) is 24.8 Å². The lowest BCUT2D eigenvalue weighted by Crippen LogP contribution is -2.43. The molecule has 0 radical (unpaired) electrons. The third-order valence-electron chi connectivity index (χ3n) is 4.09. The number of nitrogens with one attached hydrogen (secondary N) is 1. The molecule has 0 amide bonds. The number of aliphatic hydroxyl groups is 1. The van der Waals surface area contributed by atoms with Crippen LogP contribution < -0.4 is 5.32 Å². The van der Waals surface area contributed by atoms with Gasteiger partial charge in [0, 0.05) is 25.8 Å². The van der Waals surface area contributed by atoms with Gasteiger partial charge in [-0.3, -0.25) is 0 Å². The lowest BCUT2D eigenvalue weighted by molar-refractivity contribution is 0.0601. The minimum absolute atomic E-state index is 0.321. The van der Waals surface area contributed by atoms with Gasteiger partial charge in [0.2, 0.25) is 0 Å². The zero-order chi connectivity index (χ0) is 11.4. The minimum Gasteiger partial charge on any atom is -0.396 e. The van der Waals surface area contributed by atoms with Gasteiger partial charge in [0.25, 0.3) is 0 Å². The fraction of sp³-hybridized carbons (Fsp3) is 1.00. The smallest absolute Gasteiger partial charge is 0.0572 e. The molecule has 0 spiro atoms. The summed E-state index contributed by atoms with van der Waals surface area (Å²) < 4.78 is 5.38. The standard InChI is InChI=1S/C13H25NO2/c1-16-12-6-4-11(5-7-12)14-13(8-9-15)10-2-3-10/h10-15H,2-9H2,1H3. The van der Waals surface area contributed by atoms with Crippen LogP contribution in [0.5, 0.6) is 0 Å². The second-order valence-electron chi connectivity index (χ2n) is 5.33. The first-order valence-corrected chi connectivity index (χ1v) is 6.73. The molecule has 0 aromatic carbocycles. The van der Waals surface area contributed by atoms with E-state index in [-0.39, 0.29) is 0 Å². The van der Waals surface area contributed by atoms with Gasteiger partial charge >= 0.3 is 0 Å². The largest absolute Gasteiger partial charge is 0.396 e. The Morgan fingerprint density at radius 3 is 2.38 bits per heavy atom. The van der Waals surface area contributed by atoms with Gasteiger partial charge < -0.3 is 15.2 Å². The van der Waals surface area contributed by atoms with Gasteiger partial charge in [0.05, 0.1) is 6.10 Å². The molecule has 1 atom stereocenters. The van der Waals surface area contributed by atoms with Crippen LogP contribution >= 0.6 is 0 Å². The average molecular weight is 227 g/mol. The molecule has 3 nitrogen and oxygen atoms in total. The molecular formula is C13H25NO2. The maximum atomic E-state index is 9.06. The van der Waals surface area contributed by atoms with Crippen molar-refractivity contribution in [2.75, 3.05) is 13.7 Å². The molecule has 0 aromatic rings. The average Bonchev–Trinajstić information content (AvgIpc) is 3.13. The molecule has 94 valence electrons. The van der Waals surface area contributed by atoms with Crippen molar-refractivity contribution >= 4 is 0 Å². The van der Waals surface area contributed by atoms with Crippen molar-refractivity contribution in [3.05, 3.63) is 0 Å². The number of aliphatic hydroxyl groups excluding tert-OH is 1. The van der Waals surface area contributed by atoms with E-state index < -0.39 is 0 Å². The van der Waals surface area contributed by atoms with Crippen LogP contribution in [-0.4, -0.2) is 37.0 Å². The predicted octanol–water partition coefficient (Wildman–Crippen LogP) is 1.69. The van der Waals surface area contributed by atoms with Gasteiger partial charge in [-0.2, -0.15) is 0 Å². The SMILES string of the molecule is COC1CCC(NC(CCO)C2CC2)CC1. The van der Waals surface area contributed by atoms with Gasteiger partial charge in [0.1, 0.15) is 0 Å². The van der Waals surface area contributed by atoms with Crippen LogP contribution in [0.4, 0.5) is 0 Å². The van der Waals surface area contributed by atoms with E-state index in [1.54, 1.807) is 0 Å². The molecule has 2 aliphatic rings. The third-order valence-corrected chi connectivity index (χ3v) is 4.09. The Hall–Kier alpha value is -0.120. The predicted molar refractivity (Wildman–Crippen MR) is 64.4 cm³/mol. The molecule has 0 heterocycles. The molecule has 2 aliphatic carbocycles. The summed E-state index contributed by atoms with van der Waals surface area (Å²) >= 11 is 0. The Labute approximate surface area is 98.6 Å². The number of hydrogen-bond acceptors (Lipinski definition) is 3. The summed E-state index contributed by atoms with van der Waals surface area (Å²) in [5.41, 5.74) is 0. The molecule has 2 rings (SSSR count). The fourth-order valence-electron chi connectivity index (χ4n) is 2.86. The van der Waals surface area contributed by atoms with E-state index in [4.69, 9.17) is 9.84 Å². The highest BCUT2D eigenvalue weighted by Crippen LogP contribution is 2.35. The molecule has 0 aromatic heterocycles. The fourth-order valence-corrected chi connectivity index (χ4v) is 2.86. The van der Waals surface area contributed by atoms with E-state index in [0.717, 1.165) is 12.3 Å². The maximum Gasteiger partial charge on any atom is 0.0572 e. The summed E-state index contributed by atoms with van der Waals surface area (Å²) in [7, 11) is 1.82. The Morgan fingerprint density at radius 1 is 1.19 bits per heavy atom. The summed E-state index contributed by atoms with van der Waals surface area (Å²) in [6, 6.07) is 1.22. The first-order chi connectivity index (χ1) is 7.83. The first kappa shape index (κ1) is 12.3. The molecule has 2 saturated carbocycles. The molecule has 3 heteroatoms. The van der Waals surface area contributed by atoms with Crippen molar-refractivity contribution in [2.45, 2.75) is 63.1 Å². The molecular weight excluding hydrogens is 202 g/mol. The van der Waals surface area contributed by atoms with Crippen LogP contribution in [0.3, 0.4) is 0 Å². The molecule has 0 aliphatic heterocycles. The monoisotopic (exact) mass is 227 g/mol. The topological polar surface area (TPSA) is 41.5 Å². The normalized spacial score (nSPS) is 32.6. The van der Waals surface area contributed by atoms with Gasteiger partial charge in [-0.05, 0) is 50.9 Å². The summed E-state index contributed by atoms with van der Waals surface area (Å²) in [5, 5.41) is 12.8. The Bertz CT molecular complexity index is 198. The van der Waals surface area contributed by atoms with Crippen molar-refractivity contribution in [1.29, 1.82) is 0 Å². The van der Waals surface area contributed by atoms with Crippen LogP contribution in [0.2, 0.25) is 0 Å². The summed E-state index contributed by atoms with van der Waals surface area (Å²) in [5.74, 6) is 0.840. The minimum atomic E-state index is 0.321. The first-order valence-electron chi connectivity index (χ1n) is 6.73. The van der Waals surface area contributed by atoms with Crippen molar-refractivity contribution < 1.29 is 9.84 Å². The zero-order valence-electron chi connectivity index (χ0n) is 10.3. The second-order valence-corrected chi connectivity index (χ2v) is 5.33. The third kappa shape index (κ3) is 3.44. The Balaban J connectivity index is 1.71. The Morgan fingerprint density at radius 2 is 1.88 bits per heavy atom. The lowest BCUT2D eigenvalue weighted by atomic mass is 9.92. The van der Waals surface area contributed by atoms with Crippen molar-refractivity contribution in [3.63, 3.8) is 0 Å². The van der Waals surface area contributed by atoms with Gasteiger partial charge in [-0.15, -0.1) is 0 Å². The number of ether oxygens (including phenoxy) is 1. The van der Waals surface area contributed by atoms with E-state index in [1.165, 1.54) is 38.5 Å². The number of hydrogen-bond donors (Lipinski definition) is 2. The van der Waals surface area contributed by atoms with Crippen LogP contribution in [-0.2, 0) is 4.74 Å². The Kier molecular flexibility index (Phi) is 4.62. The van der Waals surface area contributed by atoms with Crippen LogP contribution in [0, 0.1) is 5.92 Å². The van der Waals surface area contributed by atoms with Gasteiger partial charge in [0.15, 0.2) is 0 Å². The van der Waals surface area contributed by atoms with Crippen LogP contribution in [0.15, 0.2) is 0 Å². The quantitative estimate of drug-likeness (QED) is 0.725. The van der Waals surface area contributed by atoms with E-state index in [9.17, 15) is 0 Å². The van der Waals surface area contributed by atoms with Gasteiger partial charge in [-0.1, -0.05) is 0 Å². The van der Waals surface area contributed by atoms with Crippen molar-refractivity contribution in [3.8, 4) is 0 Å². The molecule has 2 N–H and O–H groups in total. The zero-order valence-corrected chi connectivity index (χ0v) is 10.3. The molecule has 2 fully saturated rings. The molecule has 16 heavy (non-hydrogen) atoms. The highest BCUT2D eigenvalue weighted by molar-refractivity contribution is 4.89. The summed E-state index contributed by atoms with van der Waals surface area (Å²) in [4.78, 5) is 0. The van der Waals surface area contributed by atoms with Crippen molar-refractivity contribution in [2.24, 2.45) is 5.92 Å².